The highest BCUT2D eigenvalue weighted by Crippen LogP contribution is 1.98. The van der Waals surface area contributed by atoms with Crippen LogP contribution in [0.2, 0.25) is 0 Å². The number of hydrogen-bond donors (Lipinski definition) is 2. The first-order valence-electron chi connectivity index (χ1n) is 6.90. The zero-order chi connectivity index (χ0) is 14.0. The van der Waals surface area contributed by atoms with Gasteiger partial charge in [-0.1, -0.05) is 60.7 Å². The molecule has 2 aromatic carbocycles. The van der Waals surface area contributed by atoms with Gasteiger partial charge in [0.2, 0.25) is 5.91 Å². The minimum Gasteiger partial charge on any atom is -0.355 e. The molecule has 3 heteroatoms. The van der Waals surface area contributed by atoms with Crippen molar-refractivity contribution in [2.24, 2.45) is 0 Å². The number of amides is 1. The quantitative estimate of drug-likeness (QED) is 0.807. The minimum atomic E-state index is 0.0388. The molecule has 0 aliphatic heterocycles. The molecule has 0 spiro atoms. The largest absolute Gasteiger partial charge is 0.355 e. The fourth-order valence-corrected chi connectivity index (χ4v) is 1.97. The molecule has 0 aromatic heterocycles. The van der Waals surface area contributed by atoms with E-state index in [0.717, 1.165) is 6.42 Å². The lowest BCUT2D eigenvalue weighted by Gasteiger charge is -2.07. The number of rotatable bonds is 7. The van der Waals surface area contributed by atoms with E-state index in [1.807, 2.05) is 48.5 Å². The zero-order valence-corrected chi connectivity index (χ0v) is 11.5. The molecule has 0 bridgehead atoms. The van der Waals surface area contributed by atoms with E-state index >= 15 is 0 Å². The van der Waals surface area contributed by atoms with Gasteiger partial charge in [0.25, 0.3) is 0 Å². The highest BCUT2D eigenvalue weighted by atomic mass is 16.1. The summed E-state index contributed by atoms with van der Waals surface area (Å²) < 4.78 is 0. The lowest BCUT2D eigenvalue weighted by molar-refractivity contribution is -0.120. The molecule has 104 valence electrons. The smallest absolute Gasteiger partial charge is 0.233 e. The third kappa shape index (κ3) is 5.24. The molecule has 20 heavy (non-hydrogen) atoms. The molecule has 0 aliphatic carbocycles. The van der Waals surface area contributed by atoms with Crippen LogP contribution in [0.3, 0.4) is 0 Å². The third-order valence-corrected chi connectivity index (χ3v) is 3.04. The summed E-state index contributed by atoms with van der Waals surface area (Å²) in [6, 6.07) is 20.2. The molecule has 3 nitrogen and oxygen atoms in total. The molecule has 2 aromatic rings. The van der Waals surface area contributed by atoms with Crippen molar-refractivity contribution in [2.45, 2.75) is 13.0 Å². The van der Waals surface area contributed by atoms with Crippen LogP contribution < -0.4 is 10.6 Å². The van der Waals surface area contributed by atoms with Gasteiger partial charge in [0, 0.05) is 13.1 Å². The Hall–Kier alpha value is -2.13. The van der Waals surface area contributed by atoms with Crippen molar-refractivity contribution in [3.8, 4) is 0 Å². The summed E-state index contributed by atoms with van der Waals surface area (Å²) in [5.74, 6) is 0.0388. The van der Waals surface area contributed by atoms with E-state index in [4.69, 9.17) is 0 Å². The van der Waals surface area contributed by atoms with E-state index in [1.54, 1.807) is 0 Å². The summed E-state index contributed by atoms with van der Waals surface area (Å²) in [6.45, 7) is 1.74. The number of carbonyl (C=O) groups is 1. The van der Waals surface area contributed by atoms with Gasteiger partial charge in [-0.05, 0) is 17.5 Å². The predicted octanol–water partition coefficient (Wildman–Crippen LogP) is 2.14. The summed E-state index contributed by atoms with van der Waals surface area (Å²) in [7, 11) is 0. The SMILES string of the molecule is O=C(CNCc1ccccc1)NCCc1ccccc1. The van der Waals surface area contributed by atoms with E-state index in [9.17, 15) is 4.79 Å². The Morgan fingerprint density at radius 3 is 2.10 bits per heavy atom. The molecule has 0 aliphatic rings. The summed E-state index contributed by atoms with van der Waals surface area (Å²) in [5, 5.41) is 6.05. The molecule has 0 radical (unpaired) electrons. The fourth-order valence-electron chi connectivity index (χ4n) is 1.97. The van der Waals surface area contributed by atoms with Crippen LogP contribution in [0.4, 0.5) is 0 Å². The number of carbonyl (C=O) groups excluding carboxylic acids is 1. The molecule has 2 rings (SSSR count). The predicted molar refractivity (Wildman–Crippen MR) is 81.3 cm³/mol. The van der Waals surface area contributed by atoms with Crippen molar-refractivity contribution in [3.05, 3.63) is 71.8 Å². The first-order valence-corrected chi connectivity index (χ1v) is 6.90. The Kier molecular flexibility index (Phi) is 5.80. The van der Waals surface area contributed by atoms with Gasteiger partial charge in [0.05, 0.1) is 6.54 Å². The van der Waals surface area contributed by atoms with Crippen molar-refractivity contribution in [3.63, 3.8) is 0 Å². The average molecular weight is 268 g/mol. The van der Waals surface area contributed by atoms with Gasteiger partial charge in [-0.2, -0.15) is 0 Å². The molecule has 0 fully saturated rings. The van der Waals surface area contributed by atoms with Crippen molar-refractivity contribution in [1.29, 1.82) is 0 Å². The van der Waals surface area contributed by atoms with E-state index < -0.39 is 0 Å². The molecule has 0 saturated carbocycles. The van der Waals surface area contributed by atoms with E-state index in [2.05, 4.69) is 22.8 Å². The van der Waals surface area contributed by atoms with Crippen LogP contribution >= 0.6 is 0 Å². The highest BCUT2D eigenvalue weighted by Gasteiger charge is 2.00. The van der Waals surface area contributed by atoms with Gasteiger partial charge >= 0.3 is 0 Å². The van der Waals surface area contributed by atoms with Gasteiger partial charge < -0.3 is 10.6 Å². The standard InChI is InChI=1S/C17H20N2O/c20-17(14-18-13-16-9-5-2-6-10-16)19-12-11-15-7-3-1-4-8-15/h1-10,18H,11-14H2,(H,19,20). The molecular formula is C17H20N2O. The Morgan fingerprint density at radius 1 is 0.850 bits per heavy atom. The fraction of sp³-hybridized carbons (Fsp3) is 0.235. The maximum absolute atomic E-state index is 11.6. The number of hydrogen-bond acceptors (Lipinski definition) is 2. The second-order valence-electron chi connectivity index (χ2n) is 4.67. The maximum atomic E-state index is 11.6. The topological polar surface area (TPSA) is 41.1 Å². The van der Waals surface area contributed by atoms with E-state index in [1.165, 1.54) is 11.1 Å². The van der Waals surface area contributed by atoms with Crippen molar-refractivity contribution in [2.75, 3.05) is 13.1 Å². The first kappa shape index (κ1) is 14.3. The summed E-state index contributed by atoms with van der Waals surface area (Å²) in [6.07, 6.45) is 0.866. The van der Waals surface area contributed by atoms with Crippen LogP contribution in [-0.4, -0.2) is 19.0 Å². The lowest BCUT2D eigenvalue weighted by atomic mass is 10.1. The van der Waals surface area contributed by atoms with Gasteiger partial charge in [-0.15, -0.1) is 0 Å². The second kappa shape index (κ2) is 8.12. The van der Waals surface area contributed by atoms with Crippen molar-refractivity contribution >= 4 is 5.91 Å². The number of nitrogens with one attached hydrogen (secondary N) is 2. The summed E-state index contributed by atoms with van der Waals surface area (Å²) >= 11 is 0. The monoisotopic (exact) mass is 268 g/mol. The van der Waals surface area contributed by atoms with E-state index in [0.29, 0.717) is 19.6 Å². The van der Waals surface area contributed by atoms with Crippen LogP contribution in [0.25, 0.3) is 0 Å². The maximum Gasteiger partial charge on any atom is 0.233 e. The lowest BCUT2D eigenvalue weighted by Crippen LogP contribution is -2.34. The minimum absolute atomic E-state index is 0.0388. The molecule has 0 saturated heterocycles. The summed E-state index contributed by atoms with van der Waals surface area (Å²) in [4.78, 5) is 11.6. The third-order valence-electron chi connectivity index (χ3n) is 3.04. The van der Waals surface area contributed by atoms with Gasteiger partial charge in [0.15, 0.2) is 0 Å². The van der Waals surface area contributed by atoms with Crippen molar-refractivity contribution < 1.29 is 4.79 Å². The molecular weight excluding hydrogens is 248 g/mol. The van der Waals surface area contributed by atoms with Crippen LogP contribution in [-0.2, 0) is 17.8 Å². The molecule has 1 amide bonds. The van der Waals surface area contributed by atoms with Crippen LogP contribution in [0.1, 0.15) is 11.1 Å². The number of benzene rings is 2. The Balaban J connectivity index is 1.59. The Labute approximate surface area is 120 Å². The normalized spacial score (nSPS) is 10.2. The Bertz CT molecular complexity index is 464. The van der Waals surface area contributed by atoms with Crippen molar-refractivity contribution in [1.82, 2.24) is 10.6 Å². The second-order valence-corrected chi connectivity index (χ2v) is 4.67. The summed E-state index contributed by atoms with van der Waals surface area (Å²) in [5.41, 5.74) is 2.43. The van der Waals surface area contributed by atoms with Gasteiger partial charge in [-0.25, -0.2) is 0 Å². The van der Waals surface area contributed by atoms with E-state index in [-0.39, 0.29) is 5.91 Å². The van der Waals surface area contributed by atoms with Crippen LogP contribution in [0.5, 0.6) is 0 Å². The molecule has 0 heterocycles. The zero-order valence-electron chi connectivity index (χ0n) is 11.5. The first-order chi connectivity index (χ1) is 9.84. The molecule has 0 unspecified atom stereocenters. The molecule has 2 N–H and O–H groups in total. The van der Waals surface area contributed by atoms with Gasteiger partial charge in [0.1, 0.15) is 0 Å². The van der Waals surface area contributed by atoms with Crippen LogP contribution in [0, 0.1) is 0 Å². The van der Waals surface area contributed by atoms with Crippen LogP contribution in [0.15, 0.2) is 60.7 Å². The molecule has 0 atom stereocenters. The van der Waals surface area contributed by atoms with Gasteiger partial charge in [-0.3, -0.25) is 4.79 Å². The highest BCUT2D eigenvalue weighted by molar-refractivity contribution is 5.77. The average Bonchev–Trinajstić information content (AvgIpc) is 2.49. The Morgan fingerprint density at radius 2 is 1.45 bits per heavy atom.